The molecular weight excluding hydrogens is 264 g/mol. The van der Waals surface area contributed by atoms with Crippen LogP contribution in [0.3, 0.4) is 0 Å². The van der Waals surface area contributed by atoms with Gasteiger partial charge in [-0.3, -0.25) is 4.79 Å². The monoisotopic (exact) mass is 290 g/mol. The first kappa shape index (κ1) is 15.8. The van der Waals surface area contributed by atoms with Gasteiger partial charge < -0.3 is 15.4 Å². The van der Waals surface area contributed by atoms with Crippen LogP contribution in [-0.2, 0) is 11.2 Å². The molecule has 0 aliphatic heterocycles. The number of rotatable bonds is 5. The minimum atomic E-state index is -0.470. The number of carbonyl (C=O) groups excluding carboxylic acids is 1. The van der Waals surface area contributed by atoms with Crippen molar-refractivity contribution in [3.05, 3.63) is 29.3 Å². The van der Waals surface area contributed by atoms with E-state index >= 15 is 0 Å². The maximum atomic E-state index is 12.2. The molecule has 0 radical (unpaired) electrons. The van der Waals surface area contributed by atoms with Crippen LogP contribution in [0.15, 0.2) is 18.2 Å². The van der Waals surface area contributed by atoms with Gasteiger partial charge in [-0.25, -0.2) is 0 Å². The maximum absolute atomic E-state index is 12.2. The highest BCUT2D eigenvalue weighted by Gasteiger charge is 2.21. The highest BCUT2D eigenvalue weighted by molar-refractivity contribution is 5.80. The molecule has 0 saturated heterocycles. The third kappa shape index (κ3) is 3.56. The molecule has 0 saturated carbocycles. The van der Waals surface area contributed by atoms with E-state index in [2.05, 4.69) is 6.07 Å². The van der Waals surface area contributed by atoms with E-state index in [1.54, 1.807) is 11.8 Å². The summed E-state index contributed by atoms with van der Waals surface area (Å²) in [5.41, 5.74) is 8.64. The van der Waals surface area contributed by atoms with Gasteiger partial charge in [-0.2, -0.15) is 0 Å². The van der Waals surface area contributed by atoms with Crippen molar-refractivity contribution in [2.24, 2.45) is 5.73 Å². The minimum absolute atomic E-state index is 0.0296. The van der Waals surface area contributed by atoms with Gasteiger partial charge in [-0.1, -0.05) is 6.07 Å². The standard InChI is InChI=1S/C17H26N2O2/c1-4-19(5-2)17(20)12(3)21-14-10-9-13-7-6-8-16(18)15(13)11-14/h9-12,16H,4-8,18H2,1-3H3. The second-order valence-electron chi connectivity index (χ2n) is 5.63. The van der Waals surface area contributed by atoms with E-state index in [9.17, 15) is 4.79 Å². The Labute approximate surface area is 127 Å². The van der Waals surface area contributed by atoms with Crippen LogP contribution in [0.4, 0.5) is 0 Å². The summed E-state index contributed by atoms with van der Waals surface area (Å²) in [6.45, 7) is 7.17. The number of likely N-dealkylation sites (N-methyl/N-ethyl adjacent to an activating group) is 1. The van der Waals surface area contributed by atoms with Crippen molar-refractivity contribution < 1.29 is 9.53 Å². The fourth-order valence-electron chi connectivity index (χ4n) is 2.93. The predicted molar refractivity (Wildman–Crippen MR) is 84.3 cm³/mol. The fraction of sp³-hybridized carbons (Fsp3) is 0.588. The van der Waals surface area contributed by atoms with Crippen molar-refractivity contribution in [1.29, 1.82) is 0 Å². The van der Waals surface area contributed by atoms with Gasteiger partial charge in [0.25, 0.3) is 5.91 Å². The number of carbonyl (C=O) groups is 1. The number of ether oxygens (including phenoxy) is 1. The summed E-state index contributed by atoms with van der Waals surface area (Å²) in [6.07, 6.45) is 2.77. The molecule has 2 atom stereocenters. The molecule has 21 heavy (non-hydrogen) atoms. The Bertz CT molecular complexity index is 498. The van der Waals surface area contributed by atoms with Gasteiger partial charge in [0.2, 0.25) is 0 Å². The van der Waals surface area contributed by atoms with E-state index in [0.29, 0.717) is 13.1 Å². The molecule has 1 aromatic rings. The van der Waals surface area contributed by atoms with Crippen LogP contribution < -0.4 is 10.5 Å². The largest absolute Gasteiger partial charge is 0.481 e. The van der Waals surface area contributed by atoms with Crippen molar-refractivity contribution in [2.75, 3.05) is 13.1 Å². The molecule has 0 spiro atoms. The Hall–Kier alpha value is -1.55. The second-order valence-corrected chi connectivity index (χ2v) is 5.63. The van der Waals surface area contributed by atoms with Gasteiger partial charge in [0.1, 0.15) is 5.75 Å². The molecule has 0 bridgehead atoms. The minimum Gasteiger partial charge on any atom is -0.481 e. The molecule has 116 valence electrons. The van der Waals surface area contributed by atoms with E-state index in [-0.39, 0.29) is 11.9 Å². The molecule has 2 unspecified atom stereocenters. The molecule has 1 aromatic carbocycles. The number of aryl methyl sites for hydroxylation is 1. The Balaban J connectivity index is 2.09. The van der Waals surface area contributed by atoms with Crippen LogP contribution >= 0.6 is 0 Å². The summed E-state index contributed by atoms with van der Waals surface area (Å²) in [5, 5.41) is 0. The molecular formula is C17H26N2O2. The first-order chi connectivity index (χ1) is 10.1. The normalized spacial score (nSPS) is 18.8. The van der Waals surface area contributed by atoms with E-state index in [1.165, 1.54) is 11.1 Å². The zero-order chi connectivity index (χ0) is 15.4. The molecule has 0 aromatic heterocycles. The van der Waals surface area contributed by atoms with Gasteiger partial charge in [0.15, 0.2) is 6.10 Å². The Morgan fingerprint density at radius 2 is 2.14 bits per heavy atom. The molecule has 1 amide bonds. The topological polar surface area (TPSA) is 55.6 Å². The van der Waals surface area contributed by atoms with Crippen molar-refractivity contribution in [1.82, 2.24) is 4.90 Å². The number of nitrogens with zero attached hydrogens (tertiary/aromatic N) is 1. The first-order valence-corrected chi connectivity index (χ1v) is 7.90. The SMILES string of the molecule is CCN(CC)C(=O)C(C)Oc1ccc2c(c1)C(N)CCC2. The van der Waals surface area contributed by atoms with E-state index < -0.39 is 6.10 Å². The maximum Gasteiger partial charge on any atom is 0.263 e. The molecule has 0 heterocycles. The van der Waals surface area contributed by atoms with Gasteiger partial charge >= 0.3 is 0 Å². The third-order valence-corrected chi connectivity index (χ3v) is 4.21. The van der Waals surface area contributed by atoms with Crippen LogP contribution in [0.25, 0.3) is 0 Å². The number of nitrogens with two attached hydrogens (primary N) is 1. The van der Waals surface area contributed by atoms with E-state index in [4.69, 9.17) is 10.5 Å². The zero-order valence-electron chi connectivity index (χ0n) is 13.3. The molecule has 2 N–H and O–H groups in total. The van der Waals surface area contributed by atoms with Gasteiger partial charge in [-0.15, -0.1) is 0 Å². The average Bonchev–Trinajstić information content (AvgIpc) is 2.49. The van der Waals surface area contributed by atoms with Crippen LogP contribution in [0.2, 0.25) is 0 Å². The number of hydrogen-bond donors (Lipinski definition) is 1. The Morgan fingerprint density at radius 1 is 1.43 bits per heavy atom. The Morgan fingerprint density at radius 3 is 2.81 bits per heavy atom. The van der Waals surface area contributed by atoms with Crippen LogP contribution in [0.1, 0.15) is 50.8 Å². The van der Waals surface area contributed by atoms with Crippen LogP contribution in [0.5, 0.6) is 5.75 Å². The zero-order valence-corrected chi connectivity index (χ0v) is 13.3. The lowest BCUT2D eigenvalue weighted by atomic mass is 9.88. The number of fused-ring (bicyclic) bond motifs is 1. The lowest BCUT2D eigenvalue weighted by Gasteiger charge is -2.25. The summed E-state index contributed by atoms with van der Waals surface area (Å²) in [7, 11) is 0. The first-order valence-electron chi connectivity index (χ1n) is 7.90. The molecule has 1 aliphatic carbocycles. The molecule has 2 rings (SSSR count). The van der Waals surface area contributed by atoms with E-state index in [1.807, 2.05) is 26.0 Å². The van der Waals surface area contributed by atoms with E-state index in [0.717, 1.165) is 25.0 Å². The van der Waals surface area contributed by atoms with Crippen LogP contribution in [-0.4, -0.2) is 30.0 Å². The number of amides is 1. The highest BCUT2D eigenvalue weighted by atomic mass is 16.5. The fourth-order valence-corrected chi connectivity index (χ4v) is 2.93. The smallest absolute Gasteiger partial charge is 0.263 e. The van der Waals surface area contributed by atoms with Crippen molar-refractivity contribution >= 4 is 5.91 Å². The molecule has 1 aliphatic rings. The lowest BCUT2D eigenvalue weighted by Crippen LogP contribution is -2.40. The highest BCUT2D eigenvalue weighted by Crippen LogP contribution is 2.31. The molecule has 4 heteroatoms. The summed E-state index contributed by atoms with van der Waals surface area (Å²) in [6, 6.07) is 6.12. The summed E-state index contributed by atoms with van der Waals surface area (Å²) < 4.78 is 5.83. The quantitative estimate of drug-likeness (QED) is 0.907. The van der Waals surface area contributed by atoms with Gasteiger partial charge in [0, 0.05) is 19.1 Å². The summed E-state index contributed by atoms with van der Waals surface area (Å²) in [4.78, 5) is 14.0. The summed E-state index contributed by atoms with van der Waals surface area (Å²) >= 11 is 0. The number of benzene rings is 1. The van der Waals surface area contributed by atoms with Crippen LogP contribution in [0, 0.1) is 0 Å². The molecule has 0 fully saturated rings. The lowest BCUT2D eigenvalue weighted by molar-refractivity contribution is -0.137. The number of hydrogen-bond acceptors (Lipinski definition) is 3. The summed E-state index contributed by atoms with van der Waals surface area (Å²) in [5.74, 6) is 0.765. The van der Waals surface area contributed by atoms with Crippen molar-refractivity contribution in [2.45, 2.75) is 52.2 Å². The van der Waals surface area contributed by atoms with Crippen molar-refractivity contribution in [3.8, 4) is 5.75 Å². The average molecular weight is 290 g/mol. The van der Waals surface area contributed by atoms with Gasteiger partial charge in [-0.05, 0) is 63.3 Å². The second kappa shape index (κ2) is 6.94. The Kier molecular flexibility index (Phi) is 5.23. The third-order valence-electron chi connectivity index (χ3n) is 4.21. The van der Waals surface area contributed by atoms with Gasteiger partial charge in [0.05, 0.1) is 0 Å². The predicted octanol–water partition coefficient (Wildman–Crippen LogP) is 2.66. The molecule has 4 nitrogen and oxygen atoms in total. The van der Waals surface area contributed by atoms with Crippen molar-refractivity contribution in [3.63, 3.8) is 0 Å².